The molecule has 0 aliphatic carbocycles. The number of nitrogens with one attached hydrogen (secondary N) is 1. The Morgan fingerprint density at radius 3 is 2.74 bits per heavy atom. The highest BCUT2D eigenvalue weighted by Crippen LogP contribution is 2.26. The van der Waals surface area contributed by atoms with Crippen LogP contribution in [0.4, 0.5) is 5.69 Å². The smallest absolute Gasteiger partial charge is 0.227 e. The van der Waals surface area contributed by atoms with E-state index in [1.54, 1.807) is 4.90 Å². The van der Waals surface area contributed by atoms with Crippen molar-refractivity contribution < 1.29 is 9.59 Å². The van der Waals surface area contributed by atoms with Gasteiger partial charge in [-0.1, -0.05) is 6.07 Å². The molecule has 1 aromatic rings. The van der Waals surface area contributed by atoms with Gasteiger partial charge in [-0.05, 0) is 44.0 Å². The molecule has 1 atom stereocenters. The Bertz CT molecular complexity index is 511. The molecule has 1 aliphatic rings. The van der Waals surface area contributed by atoms with E-state index in [0.717, 1.165) is 11.3 Å². The maximum absolute atomic E-state index is 12.0. The second-order valence-corrected chi connectivity index (χ2v) is 5.07. The zero-order valence-electron chi connectivity index (χ0n) is 11.7. The summed E-state index contributed by atoms with van der Waals surface area (Å²) >= 11 is 0. The van der Waals surface area contributed by atoms with Crippen molar-refractivity contribution in [1.29, 1.82) is 0 Å². The number of nitrogens with zero attached hydrogens (tertiary/aromatic N) is 1. The molecular weight excluding hydrogens is 240 g/mol. The van der Waals surface area contributed by atoms with Gasteiger partial charge in [-0.3, -0.25) is 9.59 Å². The van der Waals surface area contributed by atoms with Crippen LogP contribution in [0.3, 0.4) is 0 Å². The summed E-state index contributed by atoms with van der Waals surface area (Å²) in [5, 5.41) is 2.78. The van der Waals surface area contributed by atoms with Crippen molar-refractivity contribution in [3.05, 3.63) is 29.3 Å². The van der Waals surface area contributed by atoms with Gasteiger partial charge in [-0.25, -0.2) is 0 Å². The molecule has 102 valence electrons. The van der Waals surface area contributed by atoms with E-state index in [-0.39, 0.29) is 17.7 Å². The molecule has 19 heavy (non-hydrogen) atoms. The van der Waals surface area contributed by atoms with Crippen LogP contribution in [0.15, 0.2) is 18.2 Å². The molecular formula is C15H20N2O2. The molecule has 2 rings (SSSR count). The Labute approximate surface area is 113 Å². The largest absolute Gasteiger partial charge is 0.356 e. The zero-order chi connectivity index (χ0) is 14.0. The molecule has 0 radical (unpaired) electrons. The van der Waals surface area contributed by atoms with E-state index in [1.165, 1.54) is 5.56 Å². The van der Waals surface area contributed by atoms with Crippen molar-refractivity contribution >= 4 is 17.5 Å². The van der Waals surface area contributed by atoms with Gasteiger partial charge in [0.2, 0.25) is 11.8 Å². The Balaban J connectivity index is 2.15. The van der Waals surface area contributed by atoms with Gasteiger partial charge < -0.3 is 10.2 Å². The fraction of sp³-hybridized carbons (Fsp3) is 0.467. The molecule has 1 N–H and O–H groups in total. The van der Waals surface area contributed by atoms with Gasteiger partial charge >= 0.3 is 0 Å². The predicted molar refractivity (Wildman–Crippen MR) is 75.1 cm³/mol. The highest BCUT2D eigenvalue weighted by atomic mass is 16.2. The molecule has 4 heteroatoms. The first-order chi connectivity index (χ1) is 9.02. The normalized spacial score (nSPS) is 18.8. The van der Waals surface area contributed by atoms with E-state index in [4.69, 9.17) is 0 Å². The SMILES string of the molecule is CCNC(=O)C1CC(=O)N(c2ccc(C)c(C)c2)C1. The van der Waals surface area contributed by atoms with Crippen molar-refractivity contribution in [2.24, 2.45) is 5.92 Å². The molecule has 0 aromatic heterocycles. The van der Waals surface area contributed by atoms with Crippen molar-refractivity contribution in [2.45, 2.75) is 27.2 Å². The highest BCUT2D eigenvalue weighted by Gasteiger charge is 2.34. The predicted octanol–water partition coefficient (Wildman–Crippen LogP) is 1.79. The van der Waals surface area contributed by atoms with Gasteiger partial charge in [-0.15, -0.1) is 0 Å². The summed E-state index contributed by atoms with van der Waals surface area (Å²) in [6.45, 7) is 7.04. The Hall–Kier alpha value is -1.84. The summed E-state index contributed by atoms with van der Waals surface area (Å²) in [5.74, 6) is -0.226. The van der Waals surface area contributed by atoms with Crippen molar-refractivity contribution in [3.8, 4) is 0 Å². The number of amides is 2. The lowest BCUT2D eigenvalue weighted by Crippen LogP contribution is -2.32. The third-order valence-electron chi connectivity index (χ3n) is 3.65. The highest BCUT2D eigenvalue weighted by molar-refractivity contribution is 6.00. The Morgan fingerprint density at radius 1 is 1.37 bits per heavy atom. The lowest BCUT2D eigenvalue weighted by molar-refractivity contribution is -0.126. The van der Waals surface area contributed by atoms with Crippen molar-refractivity contribution in [2.75, 3.05) is 18.0 Å². The minimum atomic E-state index is -0.228. The van der Waals surface area contributed by atoms with Crippen LogP contribution in [0.1, 0.15) is 24.5 Å². The second kappa shape index (κ2) is 5.43. The number of aryl methyl sites for hydroxylation is 2. The van der Waals surface area contributed by atoms with Crippen LogP contribution < -0.4 is 10.2 Å². The van der Waals surface area contributed by atoms with Gasteiger partial charge in [-0.2, -0.15) is 0 Å². The molecule has 0 saturated carbocycles. The number of carbonyl (C=O) groups is 2. The zero-order valence-corrected chi connectivity index (χ0v) is 11.7. The second-order valence-electron chi connectivity index (χ2n) is 5.07. The van der Waals surface area contributed by atoms with Crippen LogP contribution in [0.2, 0.25) is 0 Å². The molecule has 1 saturated heterocycles. The average Bonchev–Trinajstić information content (AvgIpc) is 2.75. The molecule has 1 fully saturated rings. The first-order valence-electron chi connectivity index (χ1n) is 6.68. The van der Waals surface area contributed by atoms with Gasteiger partial charge in [0.1, 0.15) is 0 Å². The third-order valence-corrected chi connectivity index (χ3v) is 3.65. The topological polar surface area (TPSA) is 49.4 Å². The van der Waals surface area contributed by atoms with Gasteiger partial charge in [0, 0.05) is 25.2 Å². The first kappa shape index (κ1) is 13.6. The van der Waals surface area contributed by atoms with E-state index in [9.17, 15) is 9.59 Å². The van der Waals surface area contributed by atoms with Crippen molar-refractivity contribution in [3.63, 3.8) is 0 Å². The van der Waals surface area contributed by atoms with E-state index in [0.29, 0.717) is 19.5 Å². The number of rotatable bonds is 3. The number of benzene rings is 1. The van der Waals surface area contributed by atoms with Crippen LogP contribution >= 0.6 is 0 Å². The number of anilines is 1. The molecule has 1 aliphatic heterocycles. The number of carbonyl (C=O) groups excluding carboxylic acids is 2. The minimum absolute atomic E-state index is 0.0258. The van der Waals surface area contributed by atoms with Crippen LogP contribution in [0.5, 0.6) is 0 Å². The lowest BCUT2D eigenvalue weighted by Gasteiger charge is -2.18. The monoisotopic (exact) mass is 260 g/mol. The molecule has 0 spiro atoms. The van der Waals surface area contributed by atoms with Gasteiger partial charge in [0.05, 0.1) is 5.92 Å². The van der Waals surface area contributed by atoms with E-state index in [2.05, 4.69) is 5.32 Å². The van der Waals surface area contributed by atoms with Crippen molar-refractivity contribution in [1.82, 2.24) is 5.32 Å². The average molecular weight is 260 g/mol. The maximum Gasteiger partial charge on any atom is 0.227 e. The summed E-state index contributed by atoms with van der Waals surface area (Å²) in [7, 11) is 0. The van der Waals surface area contributed by atoms with Crippen LogP contribution in [0.25, 0.3) is 0 Å². The van der Waals surface area contributed by atoms with Gasteiger partial charge in [0.25, 0.3) is 0 Å². The van der Waals surface area contributed by atoms with E-state index < -0.39 is 0 Å². The minimum Gasteiger partial charge on any atom is -0.356 e. The van der Waals surface area contributed by atoms with E-state index in [1.807, 2.05) is 39.0 Å². The molecule has 1 aromatic carbocycles. The molecule has 0 bridgehead atoms. The van der Waals surface area contributed by atoms with Gasteiger partial charge in [0.15, 0.2) is 0 Å². The molecule has 1 unspecified atom stereocenters. The van der Waals surface area contributed by atoms with Crippen LogP contribution in [-0.4, -0.2) is 24.9 Å². The standard InChI is InChI=1S/C15H20N2O2/c1-4-16-15(19)12-8-14(18)17(9-12)13-6-5-10(2)11(3)7-13/h5-7,12H,4,8-9H2,1-3H3,(H,16,19). The van der Waals surface area contributed by atoms with Crippen LogP contribution in [0, 0.1) is 19.8 Å². The summed E-state index contributed by atoms with van der Waals surface area (Å²) in [6.07, 6.45) is 0.304. The summed E-state index contributed by atoms with van der Waals surface area (Å²) in [4.78, 5) is 25.5. The maximum atomic E-state index is 12.0. The van der Waals surface area contributed by atoms with E-state index >= 15 is 0 Å². The third kappa shape index (κ3) is 2.78. The fourth-order valence-corrected chi connectivity index (χ4v) is 2.34. The Kier molecular flexibility index (Phi) is 3.88. The Morgan fingerprint density at radius 2 is 2.11 bits per heavy atom. The fourth-order valence-electron chi connectivity index (χ4n) is 2.34. The first-order valence-corrected chi connectivity index (χ1v) is 6.68. The molecule has 4 nitrogen and oxygen atoms in total. The molecule has 1 heterocycles. The number of hydrogen-bond donors (Lipinski definition) is 1. The summed E-state index contributed by atoms with van der Waals surface area (Å²) in [5.41, 5.74) is 3.25. The van der Waals surface area contributed by atoms with Crippen LogP contribution in [-0.2, 0) is 9.59 Å². The number of hydrogen-bond acceptors (Lipinski definition) is 2. The molecule has 2 amide bonds. The lowest BCUT2D eigenvalue weighted by atomic mass is 10.1. The summed E-state index contributed by atoms with van der Waals surface area (Å²) < 4.78 is 0. The quantitative estimate of drug-likeness (QED) is 0.900. The summed E-state index contributed by atoms with van der Waals surface area (Å²) in [6, 6.07) is 5.96.